The molecule has 2 rings (SSSR count). The van der Waals surface area contributed by atoms with E-state index in [1.165, 1.54) is 33.3 Å². The van der Waals surface area contributed by atoms with Crippen molar-refractivity contribution in [1.29, 1.82) is 0 Å². The van der Waals surface area contributed by atoms with Crippen molar-refractivity contribution in [2.75, 3.05) is 27.4 Å². The number of primary amides is 1. The van der Waals surface area contributed by atoms with Crippen molar-refractivity contribution >= 4 is 23.6 Å². The van der Waals surface area contributed by atoms with E-state index >= 15 is 0 Å². The van der Waals surface area contributed by atoms with Crippen molar-refractivity contribution in [2.45, 2.75) is 65.0 Å². The standard InChI is InChI=1S/C30H43N3O9/c1-16-12-20-25(32-10-11-34)22(35)15-21(27(20)37)33-29(38)17(2)8-7-9-23(40-5)28(42-30(31)39)19(4)14-18(3)26(36)24(13-16)41-6/h7-9,14-16,18,23-24,26,28,32,34,36H,10-13H2,1-6H3,(H2,31,39)(H,33,38)/b9-7-,17-8+,19-14+. The lowest BCUT2D eigenvalue weighted by Crippen LogP contribution is -2.38. The molecule has 0 aromatic carbocycles. The number of allylic oxidation sites excluding steroid dienone is 4. The minimum Gasteiger partial charge on any atom is -0.439 e. The van der Waals surface area contributed by atoms with Crippen LogP contribution >= 0.6 is 0 Å². The molecule has 232 valence electrons. The molecule has 0 saturated carbocycles. The van der Waals surface area contributed by atoms with Crippen LogP contribution < -0.4 is 16.4 Å². The molecule has 1 heterocycles. The first-order chi connectivity index (χ1) is 19.8. The van der Waals surface area contributed by atoms with E-state index in [4.69, 9.17) is 19.9 Å². The van der Waals surface area contributed by atoms with Gasteiger partial charge in [-0.15, -0.1) is 0 Å². The second kappa shape index (κ2) is 16.2. The van der Waals surface area contributed by atoms with Gasteiger partial charge in [0.1, 0.15) is 6.10 Å². The van der Waals surface area contributed by atoms with E-state index in [1.54, 1.807) is 26.0 Å². The fraction of sp³-hybridized carbons (Fsp3) is 0.533. The molecule has 2 amide bonds. The third-order valence-electron chi connectivity index (χ3n) is 7.21. The normalized spacial score (nSPS) is 31.7. The number of hydrogen-bond donors (Lipinski definition) is 5. The van der Waals surface area contributed by atoms with Crippen LogP contribution in [0.1, 0.15) is 40.5 Å². The second-order valence-electron chi connectivity index (χ2n) is 10.6. The minimum atomic E-state index is -1.01. The summed E-state index contributed by atoms with van der Waals surface area (Å²) in [4.78, 5) is 51.2. The number of methoxy groups -OCH3 is 2. The van der Waals surface area contributed by atoms with Crippen molar-refractivity contribution in [2.24, 2.45) is 17.6 Å². The molecule has 1 aliphatic heterocycles. The predicted octanol–water partition coefficient (Wildman–Crippen LogP) is 1.34. The maximum Gasteiger partial charge on any atom is 0.405 e. The second-order valence-corrected chi connectivity index (χ2v) is 10.6. The van der Waals surface area contributed by atoms with E-state index in [0.29, 0.717) is 12.0 Å². The van der Waals surface area contributed by atoms with Crippen molar-refractivity contribution in [3.8, 4) is 0 Å². The number of Topliss-reactive ketones (excluding diaryl/α,β-unsaturated/α-hetero) is 1. The number of amides is 2. The number of rotatable bonds is 6. The van der Waals surface area contributed by atoms with Crippen LogP contribution in [0.25, 0.3) is 0 Å². The van der Waals surface area contributed by atoms with E-state index < -0.39 is 53.9 Å². The van der Waals surface area contributed by atoms with Crippen LogP contribution in [0.4, 0.5) is 4.79 Å². The number of hydrogen-bond acceptors (Lipinski definition) is 10. The van der Waals surface area contributed by atoms with Gasteiger partial charge in [-0.05, 0) is 38.2 Å². The number of carbonyl (C=O) groups is 4. The van der Waals surface area contributed by atoms with Gasteiger partial charge in [-0.3, -0.25) is 14.4 Å². The van der Waals surface area contributed by atoms with Crippen LogP contribution in [0.5, 0.6) is 0 Å². The highest BCUT2D eigenvalue weighted by Crippen LogP contribution is 2.28. The Balaban J connectivity index is 2.61. The predicted molar refractivity (Wildman–Crippen MR) is 155 cm³/mol. The Morgan fingerprint density at radius 2 is 1.86 bits per heavy atom. The van der Waals surface area contributed by atoms with Crippen LogP contribution in [-0.2, 0) is 28.6 Å². The smallest absolute Gasteiger partial charge is 0.405 e. The summed E-state index contributed by atoms with van der Waals surface area (Å²) in [6.07, 6.45) is 3.51. The molecule has 12 heteroatoms. The number of carbonyl (C=O) groups excluding carboxylic acids is 4. The maximum atomic E-state index is 13.5. The highest BCUT2D eigenvalue weighted by atomic mass is 16.6. The van der Waals surface area contributed by atoms with Gasteiger partial charge < -0.3 is 40.8 Å². The van der Waals surface area contributed by atoms with Gasteiger partial charge in [0, 0.05) is 43.9 Å². The molecular formula is C30H43N3O9. The third-order valence-corrected chi connectivity index (χ3v) is 7.21. The summed E-state index contributed by atoms with van der Waals surface area (Å²) in [5.41, 5.74) is 6.19. The van der Waals surface area contributed by atoms with E-state index in [2.05, 4.69) is 10.6 Å². The molecule has 0 aromatic rings. The monoisotopic (exact) mass is 589 g/mol. The summed E-state index contributed by atoms with van der Waals surface area (Å²) in [6.45, 7) is 6.70. The van der Waals surface area contributed by atoms with Gasteiger partial charge in [0.15, 0.2) is 6.10 Å². The number of ketones is 2. The Hall–Kier alpha value is -3.58. The molecule has 6 unspecified atom stereocenters. The van der Waals surface area contributed by atoms with Gasteiger partial charge in [-0.2, -0.15) is 0 Å². The number of nitrogens with one attached hydrogen (secondary N) is 2. The highest BCUT2D eigenvalue weighted by molar-refractivity contribution is 6.23. The van der Waals surface area contributed by atoms with Crippen LogP contribution in [0.2, 0.25) is 0 Å². The Labute approximate surface area is 246 Å². The summed E-state index contributed by atoms with van der Waals surface area (Å²) in [6, 6.07) is 0. The number of aliphatic hydroxyl groups is 2. The van der Waals surface area contributed by atoms with Gasteiger partial charge in [0.05, 0.1) is 30.2 Å². The summed E-state index contributed by atoms with van der Waals surface area (Å²) in [7, 11) is 2.89. The molecule has 0 saturated heterocycles. The molecule has 1 aliphatic carbocycles. The highest BCUT2D eigenvalue weighted by Gasteiger charge is 2.33. The van der Waals surface area contributed by atoms with E-state index in [1.807, 2.05) is 6.92 Å². The average molecular weight is 590 g/mol. The van der Waals surface area contributed by atoms with Crippen molar-refractivity contribution in [1.82, 2.24) is 10.6 Å². The molecule has 6 N–H and O–H groups in total. The summed E-state index contributed by atoms with van der Waals surface area (Å²) in [5, 5.41) is 25.9. The van der Waals surface area contributed by atoms with Gasteiger partial charge in [0.25, 0.3) is 5.91 Å². The van der Waals surface area contributed by atoms with Crippen molar-refractivity contribution in [3.05, 3.63) is 58.5 Å². The van der Waals surface area contributed by atoms with Crippen LogP contribution in [0.15, 0.2) is 58.5 Å². The molecule has 0 radical (unpaired) electrons. The average Bonchev–Trinajstić information content (AvgIpc) is 2.94. The van der Waals surface area contributed by atoms with Crippen LogP contribution in [0.3, 0.4) is 0 Å². The molecule has 0 aromatic heterocycles. The lowest BCUT2D eigenvalue weighted by Gasteiger charge is -2.30. The lowest BCUT2D eigenvalue weighted by molar-refractivity contribution is -0.120. The number of fused-ring (bicyclic) bond motifs is 2. The lowest BCUT2D eigenvalue weighted by atomic mass is 9.85. The van der Waals surface area contributed by atoms with E-state index in [-0.39, 0.29) is 48.0 Å². The molecule has 12 nitrogen and oxygen atoms in total. The Bertz CT molecular complexity index is 1180. The number of aliphatic hydroxyl groups excluding tert-OH is 2. The van der Waals surface area contributed by atoms with Crippen molar-refractivity contribution in [3.63, 3.8) is 0 Å². The molecule has 2 bridgehead atoms. The molecule has 2 aliphatic rings. The topological polar surface area (TPSA) is 187 Å². The Morgan fingerprint density at radius 3 is 2.45 bits per heavy atom. The van der Waals surface area contributed by atoms with Crippen LogP contribution in [-0.4, -0.2) is 85.6 Å². The molecule has 0 spiro atoms. The van der Waals surface area contributed by atoms with Gasteiger partial charge in [0.2, 0.25) is 11.6 Å². The fourth-order valence-corrected chi connectivity index (χ4v) is 4.96. The first-order valence-electron chi connectivity index (χ1n) is 13.8. The van der Waals surface area contributed by atoms with Gasteiger partial charge in [-0.25, -0.2) is 4.79 Å². The van der Waals surface area contributed by atoms with Crippen molar-refractivity contribution < 1.29 is 43.6 Å². The Kier molecular flexibility index (Phi) is 13.3. The first-order valence-corrected chi connectivity index (χ1v) is 13.8. The van der Waals surface area contributed by atoms with Gasteiger partial charge in [-0.1, -0.05) is 38.2 Å². The molecule has 6 atom stereocenters. The zero-order valence-electron chi connectivity index (χ0n) is 25.0. The molecular weight excluding hydrogens is 546 g/mol. The van der Waals surface area contributed by atoms with Crippen LogP contribution in [0, 0.1) is 11.8 Å². The van der Waals surface area contributed by atoms with Gasteiger partial charge >= 0.3 is 6.09 Å². The number of nitrogens with two attached hydrogens (primary N) is 1. The summed E-state index contributed by atoms with van der Waals surface area (Å²) in [5.74, 6) is -2.33. The Morgan fingerprint density at radius 1 is 1.17 bits per heavy atom. The summed E-state index contributed by atoms with van der Waals surface area (Å²) >= 11 is 0. The fourth-order valence-electron chi connectivity index (χ4n) is 4.96. The quantitative estimate of drug-likeness (QED) is 0.224. The maximum absolute atomic E-state index is 13.5. The minimum absolute atomic E-state index is 0.0570. The zero-order chi connectivity index (χ0) is 31.6. The largest absolute Gasteiger partial charge is 0.439 e. The van der Waals surface area contributed by atoms with E-state index in [9.17, 15) is 29.4 Å². The first kappa shape index (κ1) is 34.6. The summed E-state index contributed by atoms with van der Waals surface area (Å²) < 4.78 is 16.5. The third kappa shape index (κ3) is 9.21. The molecule has 42 heavy (non-hydrogen) atoms. The number of ether oxygens (including phenoxy) is 3. The SMILES string of the molecule is COC1/C=C\C=C(/C)C(=O)NC2=CC(=O)C(NCCO)=C(CC(C)CC(OC)C(O)C(C)/C=C(\C)C1OC(N)=O)C2=O. The zero-order valence-corrected chi connectivity index (χ0v) is 25.0. The molecule has 0 fully saturated rings. The van der Waals surface area contributed by atoms with E-state index in [0.717, 1.165) is 6.08 Å².